The van der Waals surface area contributed by atoms with Crippen LogP contribution in [0.4, 0.5) is 0 Å². The Morgan fingerprint density at radius 2 is 2.12 bits per heavy atom. The maximum absolute atomic E-state index is 12.1. The highest BCUT2D eigenvalue weighted by atomic mass is 16.4. The van der Waals surface area contributed by atoms with Gasteiger partial charge in [0, 0.05) is 12.1 Å². The summed E-state index contributed by atoms with van der Waals surface area (Å²) in [6.45, 7) is 0.450. The van der Waals surface area contributed by atoms with E-state index >= 15 is 0 Å². The van der Waals surface area contributed by atoms with Crippen LogP contribution in [0.3, 0.4) is 0 Å². The van der Waals surface area contributed by atoms with Crippen molar-refractivity contribution in [3.8, 4) is 5.75 Å². The molecule has 1 aliphatic rings. The topological polar surface area (TPSA) is 77.8 Å². The van der Waals surface area contributed by atoms with Crippen LogP contribution in [0.1, 0.15) is 23.2 Å². The van der Waals surface area contributed by atoms with Crippen molar-refractivity contribution in [3.63, 3.8) is 0 Å². The number of rotatable bonds is 2. The Labute approximate surface area is 98.3 Å². The standard InChI is InChI=1S/C12H13NO4/c14-9-4-1-3-8(7-9)11(15)13-6-2-5-10(13)12(16)17/h1,3-4,7,10,14H,2,5-6H2,(H,16,17). The number of phenolic OH excluding ortho intramolecular Hbond substituents is 1. The van der Waals surface area contributed by atoms with Gasteiger partial charge < -0.3 is 15.1 Å². The van der Waals surface area contributed by atoms with E-state index in [-0.39, 0.29) is 11.7 Å². The number of carbonyl (C=O) groups is 2. The van der Waals surface area contributed by atoms with E-state index in [4.69, 9.17) is 5.11 Å². The van der Waals surface area contributed by atoms with Gasteiger partial charge in [0.25, 0.3) is 5.91 Å². The number of likely N-dealkylation sites (tertiary alicyclic amines) is 1. The van der Waals surface area contributed by atoms with Crippen LogP contribution in [0.15, 0.2) is 24.3 Å². The van der Waals surface area contributed by atoms with Gasteiger partial charge in [-0.15, -0.1) is 0 Å². The van der Waals surface area contributed by atoms with Crippen LogP contribution < -0.4 is 0 Å². The number of aliphatic carboxylic acids is 1. The first-order valence-corrected chi connectivity index (χ1v) is 5.42. The van der Waals surface area contributed by atoms with Crippen LogP contribution >= 0.6 is 0 Å². The smallest absolute Gasteiger partial charge is 0.326 e. The van der Waals surface area contributed by atoms with Crippen LogP contribution in [0.5, 0.6) is 5.75 Å². The molecular formula is C12H13NO4. The molecule has 0 aromatic heterocycles. The van der Waals surface area contributed by atoms with E-state index in [1.54, 1.807) is 12.1 Å². The second-order valence-corrected chi connectivity index (χ2v) is 4.05. The molecule has 2 rings (SSSR count). The summed E-state index contributed by atoms with van der Waals surface area (Å²) in [7, 11) is 0. The van der Waals surface area contributed by atoms with Gasteiger partial charge in [0.1, 0.15) is 11.8 Å². The zero-order chi connectivity index (χ0) is 12.4. The first-order chi connectivity index (χ1) is 8.09. The lowest BCUT2D eigenvalue weighted by molar-refractivity contribution is -0.141. The summed E-state index contributed by atoms with van der Waals surface area (Å²) in [5.74, 6) is -1.32. The molecular weight excluding hydrogens is 222 g/mol. The summed E-state index contributed by atoms with van der Waals surface area (Å²) in [5.41, 5.74) is 0.318. The number of carboxylic acid groups (broad SMARTS) is 1. The van der Waals surface area contributed by atoms with Gasteiger partial charge in [-0.1, -0.05) is 6.07 Å². The number of phenols is 1. The predicted molar refractivity (Wildman–Crippen MR) is 59.8 cm³/mol. The molecule has 1 aliphatic heterocycles. The van der Waals surface area contributed by atoms with Crippen molar-refractivity contribution in [1.29, 1.82) is 0 Å². The fourth-order valence-corrected chi connectivity index (χ4v) is 2.07. The second kappa shape index (κ2) is 4.45. The number of benzene rings is 1. The summed E-state index contributed by atoms with van der Waals surface area (Å²) < 4.78 is 0. The molecule has 90 valence electrons. The van der Waals surface area contributed by atoms with Gasteiger partial charge in [-0.3, -0.25) is 4.79 Å². The summed E-state index contributed by atoms with van der Waals surface area (Å²) in [6, 6.07) is 5.20. The average Bonchev–Trinajstić information content (AvgIpc) is 2.77. The van der Waals surface area contributed by atoms with E-state index in [9.17, 15) is 14.7 Å². The number of hydrogen-bond acceptors (Lipinski definition) is 3. The normalized spacial score (nSPS) is 19.3. The maximum Gasteiger partial charge on any atom is 0.326 e. The lowest BCUT2D eigenvalue weighted by Crippen LogP contribution is -2.40. The van der Waals surface area contributed by atoms with Crippen molar-refractivity contribution < 1.29 is 19.8 Å². The van der Waals surface area contributed by atoms with Gasteiger partial charge >= 0.3 is 5.97 Å². The minimum Gasteiger partial charge on any atom is -0.508 e. The number of hydrogen-bond donors (Lipinski definition) is 2. The van der Waals surface area contributed by atoms with Crippen molar-refractivity contribution >= 4 is 11.9 Å². The molecule has 1 aromatic carbocycles. The van der Waals surface area contributed by atoms with Gasteiger partial charge in [0.15, 0.2) is 0 Å². The molecule has 0 spiro atoms. The Balaban J connectivity index is 2.23. The minimum absolute atomic E-state index is 0.00178. The Kier molecular flexibility index (Phi) is 2.99. The molecule has 0 bridgehead atoms. The van der Waals surface area contributed by atoms with Crippen LogP contribution in [-0.2, 0) is 4.79 Å². The third-order valence-electron chi connectivity index (χ3n) is 2.89. The highest BCUT2D eigenvalue weighted by molar-refractivity contribution is 5.97. The Morgan fingerprint density at radius 1 is 1.35 bits per heavy atom. The molecule has 1 aromatic rings. The van der Waals surface area contributed by atoms with Gasteiger partial charge in [0.05, 0.1) is 0 Å². The average molecular weight is 235 g/mol. The van der Waals surface area contributed by atoms with E-state index in [1.165, 1.54) is 17.0 Å². The van der Waals surface area contributed by atoms with Crippen molar-refractivity contribution in [2.45, 2.75) is 18.9 Å². The van der Waals surface area contributed by atoms with Gasteiger partial charge in [-0.05, 0) is 31.0 Å². The number of aromatic hydroxyl groups is 1. The zero-order valence-corrected chi connectivity index (χ0v) is 9.17. The molecule has 0 saturated carbocycles. The molecule has 0 aliphatic carbocycles. The number of carbonyl (C=O) groups excluding carboxylic acids is 1. The fourth-order valence-electron chi connectivity index (χ4n) is 2.07. The highest BCUT2D eigenvalue weighted by Gasteiger charge is 2.34. The van der Waals surface area contributed by atoms with Crippen LogP contribution in [0.25, 0.3) is 0 Å². The van der Waals surface area contributed by atoms with Crippen molar-refractivity contribution in [3.05, 3.63) is 29.8 Å². The Hall–Kier alpha value is -2.04. The summed E-state index contributed by atoms with van der Waals surface area (Å²) in [6.07, 6.45) is 1.18. The number of nitrogens with zero attached hydrogens (tertiary/aromatic N) is 1. The van der Waals surface area contributed by atoms with Gasteiger partial charge in [0.2, 0.25) is 0 Å². The minimum atomic E-state index is -0.976. The summed E-state index contributed by atoms with van der Waals surface area (Å²) in [4.78, 5) is 24.4. The number of carboxylic acids is 1. The maximum atomic E-state index is 12.1. The van der Waals surface area contributed by atoms with E-state index in [1.807, 2.05) is 0 Å². The quantitative estimate of drug-likeness (QED) is 0.804. The SMILES string of the molecule is O=C(O)C1CCCN1C(=O)c1cccc(O)c1. The van der Waals surface area contributed by atoms with Crippen LogP contribution in [0.2, 0.25) is 0 Å². The third kappa shape index (κ3) is 2.22. The van der Waals surface area contributed by atoms with Gasteiger partial charge in [-0.2, -0.15) is 0 Å². The number of amides is 1. The van der Waals surface area contributed by atoms with Crippen molar-refractivity contribution in [2.75, 3.05) is 6.54 Å². The third-order valence-corrected chi connectivity index (χ3v) is 2.89. The molecule has 0 radical (unpaired) electrons. The largest absolute Gasteiger partial charge is 0.508 e. The molecule has 1 fully saturated rings. The van der Waals surface area contributed by atoms with E-state index < -0.39 is 12.0 Å². The predicted octanol–water partition coefficient (Wildman–Crippen LogP) is 1.08. The Bertz CT molecular complexity index is 458. The van der Waals surface area contributed by atoms with Gasteiger partial charge in [-0.25, -0.2) is 4.79 Å². The Morgan fingerprint density at radius 3 is 2.76 bits per heavy atom. The van der Waals surface area contributed by atoms with Crippen molar-refractivity contribution in [2.24, 2.45) is 0 Å². The molecule has 17 heavy (non-hydrogen) atoms. The van der Waals surface area contributed by atoms with Crippen molar-refractivity contribution in [1.82, 2.24) is 4.90 Å². The molecule has 2 N–H and O–H groups in total. The van der Waals surface area contributed by atoms with Crippen LogP contribution in [-0.4, -0.2) is 39.6 Å². The molecule has 1 amide bonds. The second-order valence-electron chi connectivity index (χ2n) is 4.05. The summed E-state index contributed by atoms with van der Waals surface area (Å²) in [5, 5.41) is 18.3. The van der Waals surface area contributed by atoms with E-state index in [0.717, 1.165) is 0 Å². The lowest BCUT2D eigenvalue weighted by Gasteiger charge is -2.21. The van der Waals surface area contributed by atoms with E-state index in [2.05, 4.69) is 0 Å². The van der Waals surface area contributed by atoms with Crippen LogP contribution in [0, 0.1) is 0 Å². The highest BCUT2D eigenvalue weighted by Crippen LogP contribution is 2.21. The molecule has 5 nitrogen and oxygen atoms in total. The first-order valence-electron chi connectivity index (χ1n) is 5.42. The zero-order valence-electron chi connectivity index (χ0n) is 9.17. The lowest BCUT2D eigenvalue weighted by atomic mass is 10.1. The molecule has 5 heteroatoms. The monoisotopic (exact) mass is 235 g/mol. The molecule has 1 heterocycles. The molecule has 1 atom stereocenters. The fraction of sp³-hybridized carbons (Fsp3) is 0.333. The van der Waals surface area contributed by atoms with E-state index in [0.29, 0.717) is 24.9 Å². The molecule has 1 unspecified atom stereocenters. The first kappa shape index (κ1) is 11.4. The summed E-state index contributed by atoms with van der Waals surface area (Å²) >= 11 is 0. The molecule has 1 saturated heterocycles.